The minimum absolute atomic E-state index is 0.0603. The van der Waals surface area contributed by atoms with E-state index in [1.807, 2.05) is 30.9 Å². The first kappa shape index (κ1) is 16.3. The van der Waals surface area contributed by atoms with Crippen molar-refractivity contribution in [1.29, 1.82) is 0 Å². The van der Waals surface area contributed by atoms with E-state index in [1.54, 1.807) is 6.07 Å². The monoisotopic (exact) mass is 378 g/mol. The second kappa shape index (κ2) is 7.26. The highest BCUT2D eigenvalue weighted by Crippen LogP contribution is 2.25. The van der Waals surface area contributed by atoms with E-state index in [4.69, 9.17) is 0 Å². The molecule has 1 aliphatic rings. The van der Waals surface area contributed by atoms with E-state index >= 15 is 0 Å². The minimum Gasteiger partial charge on any atom is -0.316 e. The van der Waals surface area contributed by atoms with E-state index in [0.717, 1.165) is 29.9 Å². The van der Waals surface area contributed by atoms with Gasteiger partial charge < -0.3 is 5.32 Å². The van der Waals surface area contributed by atoms with Crippen LogP contribution in [0.4, 0.5) is 0 Å². The second-order valence-corrected chi connectivity index (χ2v) is 8.56. The van der Waals surface area contributed by atoms with Gasteiger partial charge in [-0.15, -0.1) is 0 Å². The quantitative estimate of drug-likeness (QED) is 0.825. The molecule has 1 fully saturated rings. The summed E-state index contributed by atoms with van der Waals surface area (Å²) < 4.78 is 28.3. The van der Waals surface area contributed by atoms with E-state index in [0.29, 0.717) is 15.9 Å². The molecule has 0 radical (unpaired) electrons. The lowest BCUT2D eigenvalue weighted by Crippen LogP contribution is -2.37. The summed E-state index contributed by atoms with van der Waals surface area (Å²) in [7, 11) is -1.59. The van der Waals surface area contributed by atoms with Crippen LogP contribution < -0.4 is 10.0 Å². The number of benzene rings is 1. The van der Waals surface area contributed by atoms with Crippen LogP contribution in [0.5, 0.6) is 0 Å². The molecule has 2 rings (SSSR count). The number of hydrogen-bond acceptors (Lipinski definition) is 4. The smallest absolute Gasteiger partial charge is 0.241 e. The maximum absolute atomic E-state index is 12.4. The molecule has 1 aromatic rings. The Balaban J connectivity index is 2.16. The Hall–Kier alpha value is -0.0800. The molecule has 0 saturated carbocycles. The van der Waals surface area contributed by atoms with Crippen molar-refractivity contribution in [2.75, 3.05) is 18.6 Å². The lowest BCUT2D eigenvalue weighted by Gasteiger charge is -2.22. The third-order valence-corrected chi connectivity index (χ3v) is 6.76. The minimum atomic E-state index is -3.45. The van der Waals surface area contributed by atoms with Crippen LogP contribution in [0.15, 0.2) is 27.6 Å². The summed E-state index contributed by atoms with van der Waals surface area (Å²) in [5.41, 5.74) is 1.05. The first-order valence-corrected chi connectivity index (χ1v) is 9.99. The number of halogens is 1. The Morgan fingerprint density at radius 2 is 2.05 bits per heavy atom. The van der Waals surface area contributed by atoms with Gasteiger partial charge in [0.1, 0.15) is 0 Å². The molecular formula is C13H19BrN2O2S2. The molecule has 4 nitrogen and oxygen atoms in total. The lowest BCUT2D eigenvalue weighted by molar-refractivity contribution is 0.528. The third-order valence-electron chi connectivity index (χ3n) is 3.21. The van der Waals surface area contributed by atoms with Crippen LogP contribution in [0.2, 0.25) is 0 Å². The molecule has 0 bridgehead atoms. The molecule has 0 amide bonds. The average molecular weight is 379 g/mol. The van der Waals surface area contributed by atoms with Crippen LogP contribution in [0, 0.1) is 0 Å². The zero-order valence-corrected chi connectivity index (χ0v) is 14.6. The van der Waals surface area contributed by atoms with Crippen molar-refractivity contribution in [3.63, 3.8) is 0 Å². The molecule has 0 atom stereocenters. The van der Waals surface area contributed by atoms with E-state index < -0.39 is 10.0 Å². The summed E-state index contributed by atoms with van der Waals surface area (Å²) in [4.78, 5) is 0.315. The van der Waals surface area contributed by atoms with Gasteiger partial charge >= 0.3 is 0 Å². The molecule has 0 aromatic heterocycles. The Morgan fingerprint density at radius 1 is 1.35 bits per heavy atom. The highest BCUT2D eigenvalue weighted by Gasteiger charge is 2.23. The van der Waals surface area contributed by atoms with Gasteiger partial charge in [-0.25, -0.2) is 13.1 Å². The zero-order chi connectivity index (χ0) is 14.6. The first-order valence-electron chi connectivity index (χ1n) is 6.56. The normalized spacial score (nSPS) is 17.3. The van der Waals surface area contributed by atoms with E-state index in [1.165, 1.54) is 0 Å². The Labute approximate surface area is 133 Å². The molecule has 0 spiro atoms. The van der Waals surface area contributed by atoms with Gasteiger partial charge in [-0.1, -0.05) is 6.07 Å². The van der Waals surface area contributed by atoms with Crippen molar-refractivity contribution >= 4 is 37.7 Å². The maximum Gasteiger partial charge on any atom is 0.241 e. The summed E-state index contributed by atoms with van der Waals surface area (Å²) in [6.45, 7) is 0.714. The number of hydrogen-bond donors (Lipinski definition) is 2. The highest BCUT2D eigenvalue weighted by molar-refractivity contribution is 9.10. The second-order valence-electron chi connectivity index (χ2n) is 4.80. The molecular weight excluding hydrogens is 360 g/mol. The largest absolute Gasteiger partial charge is 0.316 e. The van der Waals surface area contributed by atoms with Gasteiger partial charge in [0.25, 0.3) is 0 Å². The summed E-state index contributed by atoms with van der Waals surface area (Å²) in [6, 6.07) is 5.41. The molecule has 112 valence electrons. The van der Waals surface area contributed by atoms with Crippen LogP contribution in [0.1, 0.15) is 18.4 Å². The topological polar surface area (TPSA) is 58.2 Å². The summed E-state index contributed by atoms with van der Waals surface area (Å²) in [5.74, 6) is 2.05. The SMILES string of the molecule is CNCc1ccc(S(=O)(=O)NC2CCSCC2)c(Br)c1. The van der Waals surface area contributed by atoms with E-state index in [9.17, 15) is 8.42 Å². The zero-order valence-electron chi connectivity index (χ0n) is 11.4. The summed E-state index contributed by atoms with van der Waals surface area (Å²) in [5, 5.41) is 3.05. The fourth-order valence-electron chi connectivity index (χ4n) is 2.17. The molecule has 0 aliphatic carbocycles. The number of nitrogens with one attached hydrogen (secondary N) is 2. The van der Waals surface area contributed by atoms with Crippen LogP contribution in [0.3, 0.4) is 0 Å². The molecule has 1 aromatic carbocycles. The Kier molecular flexibility index (Phi) is 5.92. The number of rotatable bonds is 5. The van der Waals surface area contributed by atoms with Gasteiger partial charge in [0.05, 0.1) is 4.90 Å². The summed E-state index contributed by atoms with van der Waals surface area (Å²) >= 11 is 5.25. The van der Waals surface area contributed by atoms with Crippen molar-refractivity contribution in [3.05, 3.63) is 28.2 Å². The molecule has 2 N–H and O–H groups in total. The molecule has 20 heavy (non-hydrogen) atoms. The molecule has 0 unspecified atom stereocenters. The molecule has 1 aliphatic heterocycles. The van der Waals surface area contributed by atoms with Gasteiger partial charge in [0, 0.05) is 17.1 Å². The van der Waals surface area contributed by atoms with Gasteiger partial charge in [0.15, 0.2) is 0 Å². The van der Waals surface area contributed by atoms with Crippen molar-refractivity contribution in [2.24, 2.45) is 0 Å². The average Bonchev–Trinajstić information content (AvgIpc) is 2.39. The first-order chi connectivity index (χ1) is 9.53. The fourth-order valence-corrected chi connectivity index (χ4v) is 5.71. The van der Waals surface area contributed by atoms with Crippen molar-refractivity contribution < 1.29 is 8.42 Å². The van der Waals surface area contributed by atoms with Gasteiger partial charge in [-0.3, -0.25) is 0 Å². The van der Waals surface area contributed by atoms with Crippen molar-refractivity contribution in [3.8, 4) is 0 Å². The van der Waals surface area contributed by atoms with E-state index in [2.05, 4.69) is 26.0 Å². The highest BCUT2D eigenvalue weighted by atomic mass is 79.9. The molecule has 7 heteroatoms. The van der Waals surface area contributed by atoms with Crippen LogP contribution in [-0.4, -0.2) is 33.0 Å². The van der Waals surface area contributed by atoms with Crippen LogP contribution >= 0.6 is 27.7 Å². The third kappa shape index (κ3) is 4.21. The molecule has 1 heterocycles. The standard InChI is InChI=1S/C13H19BrN2O2S2/c1-15-9-10-2-3-13(12(14)8-10)20(17,18)16-11-4-6-19-7-5-11/h2-3,8,11,15-16H,4-7,9H2,1H3. The Morgan fingerprint density at radius 3 is 2.65 bits per heavy atom. The predicted octanol–water partition coefficient (Wildman–Crippen LogP) is 2.34. The van der Waals surface area contributed by atoms with Gasteiger partial charge in [0.2, 0.25) is 10.0 Å². The van der Waals surface area contributed by atoms with Crippen LogP contribution in [-0.2, 0) is 16.6 Å². The van der Waals surface area contributed by atoms with Crippen LogP contribution in [0.25, 0.3) is 0 Å². The number of sulfonamides is 1. The maximum atomic E-state index is 12.4. The van der Waals surface area contributed by atoms with Crippen molar-refractivity contribution in [1.82, 2.24) is 10.0 Å². The van der Waals surface area contributed by atoms with Crippen molar-refractivity contribution in [2.45, 2.75) is 30.3 Å². The Bertz CT molecular complexity index is 557. The van der Waals surface area contributed by atoms with Gasteiger partial charge in [-0.2, -0.15) is 11.8 Å². The fraction of sp³-hybridized carbons (Fsp3) is 0.538. The number of thioether (sulfide) groups is 1. The molecule has 1 saturated heterocycles. The summed E-state index contributed by atoms with van der Waals surface area (Å²) in [6.07, 6.45) is 1.80. The van der Waals surface area contributed by atoms with E-state index in [-0.39, 0.29) is 6.04 Å². The van der Waals surface area contributed by atoms with Gasteiger partial charge in [-0.05, 0) is 65.0 Å². The predicted molar refractivity (Wildman–Crippen MR) is 87.6 cm³/mol. The lowest BCUT2D eigenvalue weighted by atomic mass is 10.2.